The third-order valence-electron chi connectivity index (χ3n) is 9.02. The summed E-state index contributed by atoms with van der Waals surface area (Å²) in [6, 6.07) is 17.2. The number of ketones is 1. The number of fused-ring (bicyclic) bond motifs is 5. The predicted molar refractivity (Wildman–Crippen MR) is 172 cm³/mol. The number of nitrogens with one attached hydrogen (secondary N) is 3. The second-order valence-electron chi connectivity index (χ2n) is 12.1. The number of phenols is 1. The van der Waals surface area contributed by atoms with Crippen molar-refractivity contribution in [3.8, 4) is 5.75 Å². The molecule has 0 spiro atoms. The third-order valence-corrected chi connectivity index (χ3v) is 9.02. The van der Waals surface area contributed by atoms with Crippen LogP contribution in [0.25, 0.3) is 32.8 Å². The Labute approximate surface area is 310 Å². The van der Waals surface area contributed by atoms with E-state index in [0.717, 1.165) is 12.5 Å². The summed E-state index contributed by atoms with van der Waals surface area (Å²) in [7, 11) is 0.990. The van der Waals surface area contributed by atoms with Crippen LogP contribution in [0.1, 0.15) is 85.7 Å². The van der Waals surface area contributed by atoms with Crippen molar-refractivity contribution >= 4 is 56.1 Å². The first kappa shape index (κ1) is 34.7. The molecule has 3 aromatic heterocycles. The Morgan fingerprint density at radius 2 is 1.82 bits per heavy atom. The van der Waals surface area contributed by atoms with Gasteiger partial charge in [0.05, 0.1) is 23.9 Å². The second kappa shape index (κ2) is 13.3. The molecule has 1 aliphatic rings. The number of carbonyl (C=O) groups is 3. The molecule has 13 heteroatoms. The maximum absolute atomic E-state index is 14.0. The first-order valence-electron chi connectivity index (χ1n) is 15.3. The Kier molecular flexibility index (Phi) is 9.41. The van der Waals surface area contributed by atoms with Crippen molar-refractivity contribution in [1.29, 1.82) is 0 Å². The van der Waals surface area contributed by atoms with Gasteiger partial charge in [-0.05, 0) is 60.4 Å². The zero-order chi connectivity index (χ0) is 33.9. The molecule has 2 unspecified atom stereocenters. The minimum Gasteiger partial charge on any atom is -0.506 e. The molecule has 3 heterocycles. The van der Waals surface area contributed by atoms with Crippen LogP contribution in [0.2, 0.25) is 0 Å². The number of halogens is 3. The standard InChI is InChI=1S/C36H29F3N3O6.Ce/c1-17-6-5-8-18(22-16-26(44)32-30(29(17)22)31(35(46)47-2)33(42-32)36(37,38)39)14-25(43)24-13-20-12-21(10-11-23(20)41-24)40-34(45)28-15-19-7-3-4-9-27(19)48-28;/h3-4,7,9-13,15-18,41-42,44H,1,5-6,8,14H2,2H3,(H,40,45);/q-1;. The van der Waals surface area contributed by atoms with E-state index < -0.39 is 46.9 Å². The normalized spacial score (nSPS) is 16.3. The topological polar surface area (TPSA) is 137 Å². The number of furan rings is 1. The van der Waals surface area contributed by atoms with Crippen LogP contribution in [-0.4, -0.2) is 39.8 Å². The van der Waals surface area contributed by atoms with Gasteiger partial charge in [-0.15, -0.1) is 5.92 Å². The molecule has 0 radical (unpaired) electrons. The molecule has 0 saturated carbocycles. The number of H-pyrrole nitrogens is 2. The largest absolute Gasteiger partial charge is 0.506 e. The Balaban J connectivity index is 0.00000417. The zero-order valence-corrected chi connectivity index (χ0v) is 29.2. The van der Waals surface area contributed by atoms with E-state index in [2.05, 4.69) is 22.2 Å². The number of para-hydroxylation sites is 1. The van der Waals surface area contributed by atoms with E-state index in [1.807, 2.05) is 18.2 Å². The molecule has 7 rings (SSSR count). The minimum atomic E-state index is -4.93. The Morgan fingerprint density at radius 1 is 1.04 bits per heavy atom. The molecule has 1 aliphatic carbocycles. The molecule has 0 aliphatic heterocycles. The summed E-state index contributed by atoms with van der Waals surface area (Å²) in [6.07, 6.45) is -3.31. The number of rotatable bonds is 6. The molecule has 1 amide bonds. The molecule has 4 N–H and O–H groups in total. The predicted octanol–water partition coefficient (Wildman–Crippen LogP) is 8.62. The maximum atomic E-state index is 14.0. The fourth-order valence-corrected chi connectivity index (χ4v) is 6.80. The van der Waals surface area contributed by atoms with Crippen LogP contribution in [0.5, 0.6) is 5.75 Å². The number of ether oxygens (including phenoxy) is 1. The van der Waals surface area contributed by atoms with E-state index >= 15 is 0 Å². The Hall–Kier alpha value is -4.14. The first-order chi connectivity index (χ1) is 22.9. The number of phenolic OH excluding ortho intramolecular Hbond substituents is 1. The van der Waals surface area contributed by atoms with Crippen LogP contribution in [0, 0.1) is 48.7 Å². The van der Waals surface area contributed by atoms with Gasteiger partial charge in [0, 0.05) is 75.5 Å². The molecular formula is C36H29CeF3N3O6-. The number of alkyl halides is 3. The van der Waals surface area contributed by atoms with E-state index in [9.17, 15) is 32.7 Å². The van der Waals surface area contributed by atoms with Crippen molar-refractivity contribution in [2.45, 2.75) is 43.7 Å². The van der Waals surface area contributed by atoms with Gasteiger partial charge in [-0.1, -0.05) is 36.6 Å². The second-order valence-corrected chi connectivity index (χ2v) is 12.1. The maximum Gasteiger partial charge on any atom is 0.432 e. The van der Waals surface area contributed by atoms with Gasteiger partial charge in [0.1, 0.15) is 17.0 Å². The summed E-state index contributed by atoms with van der Waals surface area (Å²) in [6.45, 7) is 4.18. The summed E-state index contributed by atoms with van der Waals surface area (Å²) in [5, 5.41) is 15.1. The van der Waals surface area contributed by atoms with Gasteiger partial charge in [0.25, 0.3) is 5.91 Å². The van der Waals surface area contributed by atoms with Crippen molar-refractivity contribution in [1.82, 2.24) is 9.97 Å². The van der Waals surface area contributed by atoms with Crippen molar-refractivity contribution < 1.29 is 83.6 Å². The minimum absolute atomic E-state index is 0. The van der Waals surface area contributed by atoms with Crippen molar-refractivity contribution in [3.63, 3.8) is 0 Å². The fourth-order valence-electron chi connectivity index (χ4n) is 6.80. The number of carbonyl (C=O) groups excluding carboxylic acids is 3. The molecule has 0 fully saturated rings. The average Bonchev–Trinajstić information content (AvgIpc) is 3.77. The number of aromatic hydroxyl groups is 1. The van der Waals surface area contributed by atoms with E-state index in [0.29, 0.717) is 58.3 Å². The van der Waals surface area contributed by atoms with Crippen LogP contribution in [0.15, 0.2) is 65.1 Å². The Bertz CT molecular complexity index is 2230. The number of anilines is 1. The summed E-state index contributed by atoms with van der Waals surface area (Å²) >= 11 is 0. The van der Waals surface area contributed by atoms with Crippen molar-refractivity contribution in [3.05, 3.63) is 101 Å². The van der Waals surface area contributed by atoms with Gasteiger partial charge in [0.15, 0.2) is 11.5 Å². The number of Topliss-reactive ketones (excluding diaryl/α,β-unsaturated/α-hetero) is 1. The molecule has 3 aromatic carbocycles. The molecular weight excluding hydrogens is 768 g/mol. The molecule has 6 aromatic rings. The zero-order valence-electron chi connectivity index (χ0n) is 26.1. The number of aromatic amines is 2. The van der Waals surface area contributed by atoms with Crippen LogP contribution >= 0.6 is 0 Å². The molecule has 9 nitrogen and oxygen atoms in total. The molecule has 0 bridgehead atoms. The number of hydrogen-bond acceptors (Lipinski definition) is 6. The summed E-state index contributed by atoms with van der Waals surface area (Å²) < 4.78 is 52.5. The van der Waals surface area contributed by atoms with Gasteiger partial charge in [-0.25, -0.2) is 4.79 Å². The van der Waals surface area contributed by atoms with E-state index in [-0.39, 0.29) is 70.6 Å². The summed E-state index contributed by atoms with van der Waals surface area (Å²) in [5.74, 6) is -3.18. The number of amides is 1. The number of methoxy groups -OCH3 is 1. The SMILES string of the molecule is [CH2-]C1CCCC(CC(=O)c2cc3cc(NC(=O)c4cc5ccccc5o4)ccc3[nH]2)c2cc(O)c3[nH]c(C(F)(F)F)c(C(=O)OC)c3c21.[Ce]. The Morgan fingerprint density at radius 3 is 2.55 bits per heavy atom. The first-order valence-corrected chi connectivity index (χ1v) is 15.3. The van der Waals surface area contributed by atoms with E-state index in [4.69, 9.17) is 9.15 Å². The summed E-state index contributed by atoms with van der Waals surface area (Å²) in [4.78, 5) is 44.6. The number of benzene rings is 3. The van der Waals surface area contributed by atoms with E-state index in [1.54, 1.807) is 36.4 Å². The van der Waals surface area contributed by atoms with Crippen LogP contribution in [0.3, 0.4) is 0 Å². The number of aromatic nitrogens is 2. The van der Waals surface area contributed by atoms with Gasteiger partial charge in [-0.2, -0.15) is 13.2 Å². The average molecular weight is 797 g/mol. The van der Waals surface area contributed by atoms with Gasteiger partial charge in [0.2, 0.25) is 0 Å². The smallest absolute Gasteiger partial charge is 0.432 e. The molecule has 49 heavy (non-hydrogen) atoms. The molecule has 250 valence electrons. The molecule has 2 atom stereocenters. The van der Waals surface area contributed by atoms with Crippen LogP contribution in [0.4, 0.5) is 18.9 Å². The quantitative estimate of drug-likeness (QED) is 0.0577. The van der Waals surface area contributed by atoms with Crippen LogP contribution < -0.4 is 5.32 Å². The fraction of sp³-hybridized carbons (Fsp3) is 0.222. The number of esters is 1. The van der Waals surface area contributed by atoms with Crippen molar-refractivity contribution in [2.24, 2.45) is 0 Å². The van der Waals surface area contributed by atoms with Gasteiger partial charge in [-0.3, -0.25) is 9.59 Å². The van der Waals surface area contributed by atoms with Gasteiger partial charge < -0.3 is 36.5 Å². The third kappa shape index (κ3) is 6.37. The summed E-state index contributed by atoms with van der Waals surface area (Å²) in [5.41, 5.74) is 0.642. The monoisotopic (exact) mass is 796 g/mol. The van der Waals surface area contributed by atoms with E-state index in [1.165, 1.54) is 6.07 Å². The molecule has 0 saturated heterocycles. The number of hydrogen-bond donors (Lipinski definition) is 4. The van der Waals surface area contributed by atoms with Gasteiger partial charge >= 0.3 is 12.1 Å². The van der Waals surface area contributed by atoms with Crippen LogP contribution in [-0.2, 0) is 10.9 Å². The van der Waals surface area contributed by atoms with Crippen molar-refractivity contribution in [2.75, 3.05) is 12.4 Å².